The SMILES string of the molecule is Cc1ccc(N2C[C@H](C(=O)Nc3cccc(F)c3)CC2=O)cc1. The molecule has 0 unspecified atom stereocenters. The van der Waals surface area contributed by atoms with Gasteiger partial charge in [-0.3, -0.25) is 9.59 Å². The Labute approximate surface area is 133 Å². The summed E-state index contributed by atoms with van der Waals surface area (Å²) in [5.74, 6) is -1.19. The lowest BCUT2D eigenvalue weighted by molar-refractivity contribution is -0.122. The molecule has 0 radical (unpaired) electrons. The molecule has 118 valence electrons. The Balaban J connectivity index is 1.69. The minimum Gasteiger partial charge on any atom is -0.326 e. The summed E-state index contributed by atoms with van der Waals surface area (Å²) in [5.41, 5.74) is 2.30. The van der Waals surface area contributed by atoms with Crippen LogP contribution in [0.15, 0.2) is 48.5 Å². The van der Waals surface area contributed by atoms with Gasteiger partial charge in [0.2, 0.25) is 11.8 Å². The number of amides is 2. The minimum absolute atomic E-state index is 0.0757. The van der Waals surface area contributed by atoms with Crippen molar-refractivity contribution >= 4 is 23.2 Å². The Morgan fingerprint density at radius 3 is 2.65 bits per heavy atom. The van der Waals surface area contributed by atoms with Crippen molar-refractivity contribution in [2.24, 2.45) is 5.92 Å². The molecule has 2 aromatic carbocycles. The highest BCUT2D eigenvalue weighted by Crippen LogP contribution is 2.26. The fourth-order valence-electron chi connectivity index (χ4n) is 2.67. The molecule has 5 heteroatoms. The van der Waals surface area contributed by atoms with Crippen molar-refractivity contribution in [1.82, 2.24) is 0 Å². The van der Waals surface area contributed by atoms with E-state index < -0.39 is 11.7 Å². The number of nitrogens with zero attached hydrogens (tertiary/aromatic N) is 1. The molecule has 1 N–H and O–H groups in total. The van der Waals surface area contributed by atoms with E-state index in [2.05, 4.69) is 5.32 Å². The lowest BCUT2D eigenvalue weighted by Crippen LogP contribution is -2.28. The van der Waals surface area contributed by atoms with Crippen LogP contribution in [0.4, 0.5) is 15.8 Å². The van der Waals surface area contributed by atoms with E-state index in [0.717, 1.165) is 11.3 Å². The molecule has 2 aromatic rings. The predicted molar refractivity (Wildman–Crippen MR) is 86.7 cm³/mol. The van der Waals surface area contributed by atoms with Crippen LogP contribution in [-0.4, -0.2) is 18.4 Å². The number of anilines is 2. The molecule has 1 aliphatic heterocycles. The van der Waals surface area contributed by atoms with Crippen LogP contribution >= 0.6 is 0 Å². The number of nitrogens with one attached hydrogen (secondary N) is 1. The molecule has 0 saturated carbocycles. The first kappa shape index (κ1) is 15.2. The second-order valence-electron chi connectivity index (χ2n) is 5.74. The molecule has 0 aromatic heterocycles. The minimum atomic E-state index is -0.438. The van der Waals surface area contributed by atoms with Gasteiger partial charge in [-0.15, -0.1) is 0 Å². The average molecular weight is 312 g/mol. The number of rotatable bonds is 3. The first-order valence-electron chi connectivity index (χ1n) is 7.46. The lowest BCUT2D eigenvalue weighted by atomic mass is 10.1. The van der Waals surface area contributed by atoms with E-state index in [1.807, 2.05) is 31.2 Å². The topological polar surface area (TPSA) is 49.4 Å². The third-order valence-corrected chi connectivity index (χ3v) is 3.93. The fourth-order valence-corrected chi connectivity index (χ4v) is 2.67. The van der Waals surface area contributed by atoms with Crippen LogP contribution in [0.5, 0.6) is 0 Å². The smallest absolute Gasteiger partial charge is 0.229 e. The summed E-state index contributed by atoms with van der Waals surface area (Å²) in [6.45, 7) is 2.31. The van der Waals surface area contributed by atoms with Crippen LogP contribution in [-0.2, 0) is 9.59 Å². The zero-order chi connectivity index (χ0) is 16.4. The second kappa shape index (κ2) is 6.20. The number of benzene rings is 2. The van der Waals surface area contributed by atoms with Gasteiger partial charge in [0.05, 0.1) is 5.92 Å². The maximum Gasteiger partial charge on any atom is 0.229 e. The zero-order valence-corrected chi connectivity index (χ0v) is 12.8. The van der Waals surface area contributed by atoms with Crippen molar-refractivity contribution in [1.29, 1.82) is 0 Å². The first-order valence-corrected chi connectivity index (χ1v) is 7.46. The maximum atomic E-state index is 13.2. The Bertz CT molecular complexity index is 743. The number of hydrogen-bond donors (Lipinski definition) is 1. The van der Waals surface area contributed by atoms with Crippen LogP contribution in [0.2, 0.25) is 0 Å². The van der Waals surface area contributed by atoms with Gasteiger partial charge in [-0.05, 0) is 37.3 Å². The molecule has 0 bridgehead atoms. The molecular weight excluding hydrogens is 295 g/mol. The molecule has 0 spiro atoms. The molecule has 1 fully saturated rings. The van der Waals surface area contributed by atoms with Crippen molar-refractivity contribution in [2.75, 3.05) is 16.8 Å². The van der Waals surface area contributed by atoms with E-state index in [-0.39, 0.29) is 18.2 Å². The molecule has 2 amide bonds. The summed E-state index contributed by atoms with van der Waals surface area (Å²) in [5, 5.41) is 2.67. The van der Waals surface area contributed by atoms with E-state index in [1.165, 1.54) is 18.2 Å². The molecule has 1 atom stereocenters. The largest absolute Gasteiger partial charge is 0.326 e. The molecule has 1 saturated heterocycles. The average Bonchev–Trinajstić information content (AvgIpc) is 2.90. The van der Waals surface area contributed by atoms with Crippen molar-refractivity contribution in [3.8, 4) is 0 Å². The van der Waals surface area contributed by atoms with Crippen LogP contribution in [0.1, 0.15) is 12.0 Å². The highest BCUT2D eigenvalue weighted by atomic mass is 19.1. The van der Waals surface area contributed by atoms with E-state index >= 15 is 0 Å². The number of hydrogen-bond acceptors (Lipinski definition) is 2. The molecule has 23 heavy (non-hydrogen) atoms. The first-order chi connectivity index (χ1) is 11.0. The Morgan fingerprint density at radius 1 is 1.22 bits per heavy atom. The number of aryl methyl sites for hydroxylation is 1. The van der Waals surface area contributed by atoms with Gasteiger partial charge in [0, 0.05) is 24.3 Å². The summed E-state index contributed by atoms with van der Waals surface area (Å²) in [4.78, 5) is 26.1. The number of carbonyl (C=O) groups is 2. The van der Waals surface area contributed by atoms with E-state index in [9.17, 15) is 14.0 Å². The summed E-state index contributed by atoms with van der Waals surface area (Å²) < 4.78 is 13.2. The van der Waals surface area contributed by atoms with Gasteiger partial charge in [0.1, 0.15) is 5.82 Å². The van der Waals surface area contributed by atoms with Gasteiger partial charge in [-0.1, -0.05) is 23.8 Å². The van der Waals surface area contributed by atoms with Gasteiger partial charge in [0.15, 0.2) is 0 Å². The molecule has 3 rings (SSSR count). The van der Waals surface area contributed by atoms with Crippen molar-refractivity contribution in [3.63, 3.8) is 0 Å². The second-order valence-corrected chi connectivity index (χ2v) is 5.74. The van der Waals surface area contributed by atoms with Crippen molar-refractivity contribution in [2.45, 2.75) is 13.3 Å². The number of halogens is 1. The molecule has 4 nitrogen and oxygen atoms in total. The van der Waals surface area contributed by atoms with Gasteiger partial charge in [-0.25, -0.2) is 4.39 Å². The highest BCUT2D eigenvalue weighted by molar-refractivity contribution is 6.03. The molecule has 1 heterocycles. The van der Waals surface area contributed by atoms with Crippen molar-refractivity contribution in [3.05, 3.63) is 59.9 Å². The summed E-state index contributed by atoms with van der Waals surface area (Å²) in [7, 11) is 0. The van der Waals surface area contributed by atoms with Gasteiger partial charge in [-0.2, -0.15) is 0 Å². The van der Waals surface area contributed by atoms with Crippen LogP contribution < -0.4 is 10.2 Å². The third-order valence-electron chi connectivity index (χ3n) is 3.93. The Hall–Kier alpha value is -2.69. The monoisotopic (exact) mass is 312 g/mol. The molecule has 1 aliphatic rings. The van der Waals surface area contributed by atoms with Gasteiger partial charge in [0.25, 0.3) is 0 Å². The normalized spacial score (nSPS) is 17.4. The Morgan fingerprint density at radius 2 is 1.96 bits per heavy atom. The number of carbonyl (C=O) groups excluding carboxylic acids is 2. The van der Waals surface area contributed by atoms with Crippen molar-refractivity contribution < 1.29 is 14.0 Å². The van der Waals surface area contributed by atoms with E-state index in [1.54, 1.807) is 11.0 Å². The quantitative estimate of drug-likeness (QED) is 0.946. The fraction of sp³-hybridized carbons (Fsp3) is 0.222. The van der Waals surface area contributed by atoms with Crippen LogP contribution in [0.25, 0.3) is 0 Å². The third kappa shape index (κ3) is 3.39. The summed E-state index contributed by atoms with van der Waals surface area (Å²) >= 11 is 0. The van der Waals surface area contributed by atoms with Crippen LogP contribution in [0.3, 0.4) is 0 Å². The Kier molecular flexibility index (Phi) is 4.10. The summed E-state index contributed by atoms with van der Waals surface area (Å²) in [6, 6.07) is 13.3. The highest BCUT2D eigenvalue weighted by Gasteiger charge is 2.35. The molecular formula is C18H17FN2O2. The standard InChI is InChI=1S/C18H17FN2O2/c1-12-5-7-16(8-6-12)21-11-13(9-17(21)22)18(23)20-15-4-2-3-14(19)10-15/h2-8,10,13H,9,11H2,1H3,(H,20,23)/t13-/m1/s1. The zero-order valence-electron chi connectivity index (χ0n) is 12.8. The lowest BCUT2D eigenvalue weighted by Gasteiger charge is -2.17. The van der Waals surface area contributed by atoms with Gasteiger partial charge < -0.3 is 10.2 Å². The van der Waals surface area contributed by atoms with E-state index in [0.29, 0.717) is 12.2 Å². The van der Waals surface area contributed by atoms with Gasteiger partial charge >= 0.3 is 0 Å². The molecule has 0 aliphatic carbocycles. The maximum absolute atomic E-state index is 13.2. The van der Waals surface area contributed by atoms with Crippen LogP contribution in [0, 0.1) is 18.7 Å². The predicted octanol–water partition coefficient (Wildman–Crippen LogP) is 3.13. The van der Waals surface area contributed by atoms with E-state index in [4.69, 9.17) is 0 Å². The summed E-state index contributed by atoms with van der Waals surface area (Å²) in [6.07, 6.45) is 0.162.